The molecule has 0 radical (unpaired) electrons. The van der Waals surface area contributed by atoms with Crippen LogP contribution in [0, 0.1) is 0 Å². The number of benzene rings is 3. The van der Waals surface area contributed by atoms with Crippen LogP contribution in [0.2, 0.25) is 10.0 Å². The van der Waals surface area contributed by atoms with E-state index >= 15 is 0 Å². The van der Waals surface area contributed by atoms with Crippen molar-refractivity contribution >= 4 is 52.6 Å². The van der Waals surface area contributed by atoms with Crippen LogP contribution in [0.5, 0.6) is 11.5 Å². The van der Waals surface area contributed by atoms with Crippen LogP contribution in [0.4, 0.5) is 0 Å². The predicted molar refractivity (Wildman–Crippen MR) is 136 cm³/mol. The largest absolute Gasteiger partial charge is 0.490 e. The highest BCUT2D eigenvalue weighted by molar-refractivity contribution is 6.55. The van der Waals surface area contributed by atoms with Crippen LogP contribution in [0.25, 0.3) is 0 Å². The van der Waals surface area contributed by atoms with Gasteiger partial charge in [-0.3, -0.25) is 0 Å². The Labute approximate surface area is 213 Å². The lowest BCUT2D eigenvalue weighted by Crippen LogP contribution is -2.03. The third-order valence-corrected chi connectivity index (χ3v) is 5.30. The van der Waals surface area contributed by atoms with Crippen molar-refractivity contribution in [3.05, 3.63) is 104 Å². The SMILES string of the molecule is ClC(Cl)=CCOc1cc(Cl)c(OCCc2ccc(/C=N/OCc3ccccc3)cc2)c(Cl)c1. The number of rotatable bonds is 11. The molecule has 0 bridgehead atoms. The van der Waals surface area contributed by atoms with Gasteiger partial charge in [0.05, 0.1) is 22.9 Å². The first-order chi connectivity index (χ1) is 16.0. The smallest absolute Gasteiger partial charge is 0.156 e. The minimum Gasteiger partial charge on any atom is -0.490 e. The summed E-state index contributed by atoms with van der Waals surface area (Å²) in [5, 5.41) is 4.74. The van der Waals surface area contributed by atoms with Crippen molar-refractivity contribution in [2.75, 3.05) is 13.2 Å². The van der Waals surface area contributed by atoms with Gasteiger partial charge in [-0.05, 0) is 22.8 Å². The minimum atomic E-state index is 0.129. The van der Waals surface area contributed by atoms with E-state index in [4.69, 9.17) is 60.7 Å². The van der Waals surface area contributed by atoms with Gasteiger partial charge in [0.2, 0.25) is 0 Å². The van der Waals surface area contributed by atoms with E-state index in [1.54, 1.807) is 18.3 Å². The monoisotopic (exact) mass is 523 g/mol. The van der Waals surface area contributed by atoms with Gasteiger partial charge < -0.3 is 14.3 Å². The van der Waals surface area contributed by atoms with Crippen LogP contribution in [-0.4, -0.2) is 19.4 Å². The fraction of sp³-hybridized carbons (Fsp3) is 0.160. The van der Waals surface area contributed by atoms with E-state index in [0.29, 0.717) is 41.2 Å². The molecule has 0 aliphatic carbocycles. The van der Waals surface area contributed by atoms with E-state index < -0.39 is 0 Å². The summed E-state index contributed by atoms with van der Waals surface area (Å²) in [6, 6.07) is 21.1. The third kappa shape index (κ3) is 8.82. The average Bonchev–Trinajstić information content (AvgIpc) is 2.80. The first-order valence-electron chi connectivity index (χ1n) is 10.1. The van der Waals surface area contributed by atoms with E-state index in [1.807, 2.05) is 54.6 Å². The lowest BCUT2D eigenvalue weighted by atomic mass is 10.1. The number of hydrogen-bond acceptors (Lipinski definition) is 4. The molecule has 0 amide bonds. The van der Waals surface area contributed by atoms with Crippen molar-refractivity contribution < 1.29 is 14.3 Å². The Morgan fingerprint density at radius 3 is 2.21 bits per heavy atom. The zero-order valence-corrected chi connectivity index (χ0v) is 20.5. The summed E-state index contributed by atoms with van der Waals surface area (Å²) in [7, 11) is 0. The van der Waals surface area contributed by atoms with Crippen molar-refractivity contribution in [2.45, 2.75) is 13.0 Å². The maximum atomic E-state index is 6.29. The Balaban J connectivity index is 1.45. The van der Waals surface area contributed by atoms with Crippen LogP contribution in [0.15, 0.2) is 82.5 Å². The number of halogens is 4. The minimum absolute atomic E-state index is 0.129. The van der Waals surface area contributed by atoms with E-state index in [2.05, 4.69) is 5.16 Å². The van der Waals surface area contributed by atoms with Gasteiger partial charge in [-0.1, -0.05) is 106 Å². The fourth-order valence-electron chi connectivity index (χ4n) is 2.78. The van der Waals surface area contributed by atoms with Gasteiger partial charge in [0.1, 0.15) is 23.5 Å². The molecule has 0 saturated heterocycles. The molecule has 0 saturated carbocycles. The summed E-state index contributed by atoms with van der Waals surface area (Å²) in [5.74, 6) is 0.907. The normalized spacial score (nSPS) is 10.8. The molecular formula is C25H21Cl4NO3. The Morgan fingerprint density at radius 2 is 1.55 bits per heavy atom. The van der Waals surface area contributed by atoms with E-state index in [0.717, 1.165) is 16.7 Å². The molecule has 0 N–H and O–H groups in total. The summed E-state index contributed by atoms with van der Waals surface area (Å²) < 4.78 is 11.4. The van der Waals surface area contributed by atoms with Gasteiger partial charge in [-0.15, -0.1) is 0 Å². The lowest BCUT2D eigenvalue weighted by molar-refractivity contribution is 0.132. The maximum Gasteiger partial charge on any atom is 0.156 e. The van der Waals surface area contributed by atoms with Gasteiger partial charge in [-0.25, -0.2) is 0 Å². The standard InChI is InChI=1S/C25H21Cl4NO3/c26-22-14-21(31-13-11-24(28)29)15-23(27)25(22)32-12-10-18-6-8-19(9-7-18)16-30-33-17-20-4-2-1-3-5-20/h1-9,11,14-16H,10,12-13,17H2/b30-16+. The second-order valence-electron chi connectivity index (χ2n) is 6.85. The number of ether oxygens (including phenoxy) is 2. The van der Waals surface area contributed by atoms with Crippen molar-refractivity contribution in [3.63, 3.8) is 0 Å². The Hall–Kier alpha value is -2.37. The van der Waals surface area contributed by atoms with E-state index in [-0.39, 0.29) is 11.1 Å². The molecule has 0 fully saturated rings. The molecule has 0 heterocycles. The molecule has 33 heavy (non-hydrogen) atoms. The van der Waals surface area contributed by atoms with Crippen LogP contribution in [0.3, 0.4) is 0 Å². The van der Waals surface area contributed by atoms with Crippen molar-refractivity contribution in [1.29, 1.82) is 0 Å². The van der Waals surface area contributed by atoms with Crippen LogP contribution in [-0.2, 0) is 17.9 Å². The van der Waals surface area contributed by atoms with Gasteiger partial charge in [0.15, 0.2) is 5.75 Å². The molecule has 8 heteroatoms. The topological polar surface area (TPSA) is 40.0 Å². The van der Waals surface area contributed by atoms with Crippen LogP contribution < -0.4 is 9.47 Å². The first kappa shape index (κ1) is 25.3. The number of nitrogens with zero attached hydrogens (tertiary/aromatic N) is 1. The van der Waals surface area contributed by atoms with E-state index in [9.17, 15) is 0 Å². The molecule has 0 spiro atoms. The summed E-state index contributed by atoms with van der Waals surface area (Å²) in [6.07, 6.45) is 3.89. The molecule has 172 valence electrons. The Kier molecular flexibility index (Phi) is 10.2. The second-order valence-corrected chi connectivity index (χ2v) is 8.68. The number of hydrogen-bond donors (Lipinski definition) is 0. The average molecular weight is 525 g/mol. The predicted octanol–water partition coefficient (Wildman–Crippen LogP) is 7.86. The van der Waals surface area contributed by atoms with Crippen LogP contribution in [0.1, 0.15) is 16.7 Å². The highest BCUT2D eigenvalue weighted by Gasteiger charge is 2.11. The molecule has 0 aromatic heterocycles. The fourth-order valence-corrected chi connectivity index (χ4v) is 3.49. The Morgan fingerprint density at radius 1 is 0.848 bits per heavy atom. The quantitative estimate of drug-likeness (QED) is 0.189. The molecule has 3 aromatic rings. The molecule has 3 rings (SSSR count). The molecule has 0 aliphatic heterocycles. The van der Waals surface area contributed by atoms with Gasteiger partial charge in [0.25, 0.3) is 0 Å². The van der Waals surface area contributed by atoms with Crippen molar-refractivity contribution in [3.8, 4) is 11.5 Å². The summed E-state index contributed by atoms with van der Waals surface area (Å²) in [4.78, 5) is 5.33. The zero-order valence-electron chi connectivity index (χ0n) is 17.5. The van der Waals surface area contributed by atoms with Crippen LogP contribution >= 0.6 is 46.4 Å². The summed E-state index contributed by atoms with van der Waals surface area (Å²) in [5.41, 5.74) is 3.12. The first-order valence-corrected chi connectivity index (χ1v) is 11.6. The third-order valence-electron chi connectivity index (χ3n) is 4.43. The second kappa shape index (κ2) is 13.4. The zero-order chi connectivity index (χ0) is 23.5. The Bertz CT molecular complexity index is 1060. The van der Waals surface area contributed by atoms with Gasteiger partial charge in [-0.2, -0.15) is 0 Å². The number of oxime groups is 1. The lowest BCUT2D eigenvalue weighted by Gasteiger charge is -2.12. The van der Waals surface area contributed by atoms with E-state index in [1.165, 1.54) is 6.08 Å². The summed E-state index contributed by atoms with van der Waals surface area (Å²) in [6.45, 7) is 1.05. The molecular weight excluding hydrogens is 504 g/mol. The maximum absolute atomic E-state index is 6.29. The highest BCUT2D eigenvalue weighted by atomic mass is 35.5. The molecule has 3 aromatic carbocycles. The molecule has 0 unspecified atom stereocenters. The van der Waals surface area contributed by atoms with Crippen molar-refractivity contribution in [2.24, 2.45) is 5.16 Å². The van der Waals surface area contributed by atoms with Gasteiger partial charge in [0, 0.05) is 18.6 Å². The molecule has 0 aliphatic rings. The van der Waals surface area contributed by atoms with Gasteiger partial charge >= 0.3 is 0 Å². The molecule has 0 atom stereocenters. The molecule has 4 nitrogen and oxygen atoms in total. The highest BCUT2D eigenvalue weighted by Crippen LogP contribution is 2.37. The summed E-state index contributed by atoms with van der Waals surface area (Å²) >= 11 is 23.7. The van der Waals surface area contributed by atoms with Crippen molar-refractivity contribution in [1.82, 2.24) is 0 Å².